The normalized spacial score (nSPS) is 13.3. The van der Waals surface area contributed by atoms with Gasteiger partial charge in [-0.15, -0.1) is 0 Å². The van der Waals surface area contributed by atoms with Crippen LogP contribution in [0.4, 0.5) is 34.1 Å². The predicted molar refractivity (Wildman–Crippen MR) is 230 cm³/mol. The summed E-state index contributed by atoms with van der Waals surface area (Å²) in [6.45, 7) is 0.0657. The van der Waals surface area contributed by atoms with Crippen LogP contribution in [0.2, 0.25) is 0 Å². The fourth-order valence-electron chi connectivity index (χ4n) is 9.74. The SMILES string of the molecule is c1ccc2c(c1)B1c3ccccc3N(c3ccc4oc5ccc6ccccc6c5c4c3)c3cccc(c31)N2c1ccc2oc3ccc4ccccc4c3c2c1. The summed E-state index contributed by atoms with van der Waals surface area (Å²) in [6, 6.07) is 63.7. The zero-order valence-corrected chi connectivity index (χ0v) is 29.5. The summed E-state index contributed by atoms with van der Waals surface area (Å²) in [4.78, 5) is 4.91. The van der Waals surface area contributed by atoms with E-state index in [-0.39, 0.29) is 6.71 Å². The van der Waals surface area contributed by atoms with Gasteiger partial charge in [-0.1, -0.05) is 103 Å². The molecule has 254 valence electrons. The maximum atomic E-state index is 6.45. The van der Waals surface area contributed by atoms with Gasteiger partial charge in [0.2, 0.25) is 0 Å². The third kappa shape index (κ3) is 3.91. The van der Waals surface area contributed by atoms with Crippen molar-refractivity contribution >= 4 is 123 Å². The second kappa shape index (κ2) is 10.7. The first-order chi connectivity index (χ1) is 27.3. The van der Waals surface area contributed by atoms with Crippen LogP contribution < -0.4 is 26.2 Å². The van der Waals surface area contributed by atoms with Crippen LogP contribution in [0.5, 0.6) is 0 Å². The number of hydrogen-bond donors (Lipinski definition) is 0. The molecule has 0 fully saturated rings. The topological polar surface area (TPSA) is 32.8 Å². The number of anilines is 6. The van der Waals surface area contributed by atoms with E-state index in [2.05, 4.69) is 186 Å². The van der Waals surface area contributed by atoms with Crippen molar-refractivity contribution < 1.29 is 8.83 Å². The molecule has 0 saturated heterocycles. The zero-order valence-electron chi connectivity index (χ0n) is 29.5. The summed E-state index contributed by atoms with van der Waals surface area (Å²) in [5.74, 6) is 0. The van der Waals surface area contributed by atoms with Gasteiger partial charge in [-0.25, -0.2) is 0 Å². The second-order valence-electron chi connectivity index (χ2n) is 14.8. The summed E-state index contributed by atoms with van der Waals surface area (Å²) in [6.07, 6.45) is 0. The van der Waals surface area contributed by atoms with Crippen molar-refractivity contribution in [1.82, 2.24) is 0 Å². The molecular weight excluding hydrogens is 671 g/mol. The van der Waals surface area contributed by atoms with E-state index in [1.165, 1.54) is 60.7 Å². The second-order valence-corrected chi connectivity index (χ2v) is 14.8. The lowest BCUT2D eigenvalue weighted by Crippen LogP contribution is -2.61. The largest absolute Gasteiger partial charge is 0.456 e. The minimum Gasteiger partial charge on any atom is -0.456 e. The Morgan fingerprint density at radius 2 is 0.782 bits per heavy atom. The minimum absolute atomic E-state index is 0.0657. The highest BCUT2D eigenvalue weighted by atomic mass is 16.3. The van der Waals surface area contributed by atoms with E-state index in [4.69, 9.17) is 8.83 Å². The fraction of sp³-hybridized carbons (Fsp3) is 0. The average Bonchev–Trinajstić information content (AvgIpc) is 3.82. The number of para-hydroxylation sites is 2. The summed E-state index contributed by atoms with van der Waals surface area (Å²) < 4.78 is 12.9. The standard InChI is InChI=1S/C50H29BN2O2/c1-3-12-34-30(10-1)20-24-46-48(34)36-28-32(22-26-44(36)54-46)52-40-16-7-5-14-38(40)51-39-15-6-8-17-41(39)53(43-19-9-18-42(52)50(43)51)33-23-27-45-37(29-33)49-35-13-4-2-11-31(35)21-25-47(49)55-45/h1-29H. The van der Waals surface area contributed by atoms with E-state index in [1.807, 2.05) is 0 Å². The molecule has 0 N–H and O–H groups in total. The van der Waals surface area contributed by atoms with Gasteiger partial charge in [0.15, 0.2) is 0 Å². The quantitative estimate of drug-likeness (QED) is 0.168. The first kappa shape index (κ1) is 29.2. The van der Waals surface area contributed by atoms with Crippen LogP contribution in [-0.2, 0) is 0 Å². The highest BCUT2D eigenvalue weighted by Crippen LogP contribution is 2.46. The van der Waals surface area contributed by atoms with Crippen molar-refractivity contribution in [2.45, 2.75) is 0 Å². The summed E-state index contributed by atoms with van der Waals surface area (Å²) in [7, 11) is 0. The third-order valence-corrected chi connectivity index (χ3v) is 12.0. The molecule has 0 aliphatic carbocycles. The Kier molecular flexibility index (Phi) is 5.68. The molecule has 0 bridgehead atoms. The first-order valence-corrected chi connectivity index (χ1v) is 18.9. The van der Waals surface area contributed by atoms with Gasteiger partial charge in [0, 0.05) is 55.7 Å². The Morgan fingerprint density at radius 1 is 0.345 bits per heavy atom. The Balaban J connectivity index is 1.06. The third-order valence-electron chi connectivity index (χ3n) is 12.0. The Hall–Kier alpha value is -7.24. The van der Waals surface area contributed by atoms with Crippen molar-refractivity contribution in [1.29, 1.82) is 0 Å². The van der Waals surface area contributed by atoms with Gasteiger partial charge in [0.1, 0.15) is 22.3 Å². The van der Waals surface area contributed by atoms with Crippen molar-refractivity contribution in [3.63, 3.8) is 0 Å². The maximum Gasteiger partial charge on any atom is 0.252 e. The molecule has 13 rings (SSSR count). The fourth-order valence-corrected chi connectivity index (χ4v) is 9.74. The Bertz CT molecular complexity index is 3210. The molecule has 2 aliphatic heterocycles. The summed E-state index contributed by atoms with van der Waals surface area (Å²) in [5, 5.41) is 9.37. The highest BCUT2D eigenvalue weighted by molar-refractivity contribution is 7.00. The van der Waals surface area contributed by atoms with Crippen LogP contribution in [0, 0.1) is 0 Å². The van der Waals surface area contributed by atoms with Crippen molar-refractivity contribution in [2.75, 3.05) is 9.80 Å². The number of furan rings is 2. The average molecular weight is 701 g/mol. The van der Waals surface area contributed by atoms with Gasteiger partial charge in [0.25, 0.3) is 6.71 Å². The minimum atomic E-state index is 0.0657. The van der Waals surface area contributed by atoms with E-state index in [0.29, 0.717) is 0 Å². The molecule has 11 aromatic rings. The van der Waals surface area contributed by atoms with Gasteiger partial charge >= 0.3 is 0 Å². The zero-order chi connectivity index (χ0) is 35.8. The van der Waals surface area contributed by atoms with Crippen molar-refractivity contribution in [2.24, 2.45) is 0 Å². The molecule has 0 atom stereocenters. The maximum absolute atomic E-state index is 6.45. The van der Waals surface area contributed by atoms with Crippen LogP contribution in [0.3, 0.4) is 0 Å². The van der Waals surface area contributed by atoms with Gasteiger partial charge in [-0.2, -0.15) is 0 Å². The smallest absolute Gasteiger partial charge is 0.252 e. The van der Waals surface area contributed by atoms with Crippen LogP contribution in [0.15, 0.2) is 185 Å². The molecule has 0 saturated carbocycles. The van der Waals surface area contributed by atoms with E-state index < -0.39 is 0 Å². The lowest BCUT2D eigenvalue weighted by molar-refractivity contribution is 0.669. The Morgan fingerprint density at radius 3 is 1.31 bits per heavy atom. The van der Waals surface area contributed by atoms with Gasteiger partial charge in [-0.3, -0.25) is 0 Å². The molecule has 9 aromatic carbocycles. The predicted octanol–water partition coefficient (Wildman–Crippen LogP) is 11.9. The number of nitrogens with zero attached hydrogens (tertiary/aromatic N) is 2. The van der Waals surface area contributed by atoms with E-state index in [1.54, 1.807) is 0 Å². The van der Waals surface area contributed by atoms with Crippen LogP contribution in [0.25, 0.3) is 65.4 Å². The summed E-state index contributed by atoms with van der Waals surface area (Å²) in [5.41, 5.74) is 14.4. The molecule has 0 radical (unpaired) electrons. The lowest BCUT2D eigenvalue weighted by atomic mass is 9.33. The molecule has 0 amide bonds. The number of benzene rings is 9. The van der Waals surface area contributed by atoms with Crippen LogP contribution >= 0.6 is 0 Å². The van der Waals surface area contributed by atoms with E-state index in [0.717, 1.165) is 55.3 Å². The number of fused-ring (bicyclic) bond motifs is 14. The number of hydrogen-bond acceptors (Lipinski definition) is 4. The lowest BCUT2D eigenvalue weighted by Gasteiger charge is -2.44. The monoisotopic (exact) mass is 700 g/mol. The molecule has 2 aliphatic rings. The van der Waals surface area contributed by atoms with Gasteiger partial charge in [-0.05, 0) is 111 Å². The molecule has 0 unspecified atom stereocenters. The molecule has 4 nitrogen and oxygen atoms in total. The van der Waals surface area contributed by atoms with Gasteiger partial charge < -0.3 is 18.6 Å². The highest BCUT2D eigenvalue weighted by Gasteiger charge is 2.43. The van der Waals surface area contributed by atoms with Crippen molar-refractivity contribution in [3.8, 4) is 0 Å². The van der Waals surface area contributed by atoms with Crippen LogP contribution in [-0.4, -0.2) is 6.71 Å². The van der Waals surface area contributed by atoms with Crippen molar-refractivity contribution in [3.05, 3.63) is 176 Å². The molecule has 5 heteroatoms. The van der Waals surface area contributed by atoms with E-state index >= 15 is 0 Å². The number of rotatable bonds is 2. The molecular formula is C50H29BN2O2. The Labute approximate surface area is 316 Å². The summed E-state index contributed by atoms with van der Waals surface area (Å²) >= 11 is 0. The molecule has 2 aromatic heterocycles. The van der Waals surface area contributed by atoms with Gasteiger partial charge in [0.05, 0.1) is 0 Å². The van der Waals surface area contributed by atoms with E-state index in [9.17, 15) is 0 Å². The molecule has 55 heavy (non-hydrogen) atoms. The first-order valence-electron chi connectivity index (χ1n) is 18.9. The molecule has 4 heterocycles. The molecule has 0 spiro atoms. The van der Waals surface area contributed by atoms with Crippen LogP contribution in [0.1, 0.15) is 0 Å².